The van der Waals surface area contributed by atoms with Gasteiger partial charge >= 0.3 is 0 Å². The maximum Gasteiger partial charge on any atom is 0.246 e. The van der Waals surface area contributed by atoms with Crippen LogP contribution >= 0.6 is 11.3 Å². The molecule has 43 heavy (non-hydrogen) atoms. The fourth-order valence-corrected chi connectivity index (χ4v) is 5.54. The van der Waals surface area contributed by atoms with Gasteiger partial charge < -0.3 is 39.6 Å². The number of carbonyl (C=O) groups excluding carboxylic acids is 4. The highest BCUT2D eigenvalue weighted by molar-refractivity contribution is 7.13. The number of hydrogen-bond acceptors (Lipinski definition) is 10. The zero-order valence-electron chi connectivity index (χ0n) is 25.4. The molecule has 0 aliphatic carbocycles. The third-order valence-corrected chi connectivity index (χ3v) is 7.87. The Morgan fingerprint density at radius 3 is 2.56 bits per heavy atom. The van der Waals surface area contributed by atoms with Crippen molar-refractivity contribution in [3.05, 3.63) is 35.0 Å². The van der Waals surface area contributed by atoms with Crippen LogP contribution in [0.2, 0.25) is 0 Å². The predicted molar refractivity (Wildman–Crippen MR) is 161 cm³/mol. The minimum atomic E-state index is -0.889. The number of benzene rings is 1. The van der Waals surface area contributed by atoms with Crippen molar-refractivity contribution in [3.8, 4) is 16.2 Å². The number of carbonyl (C=O) groups is 4. The average molecular weight is 619 g/mol. The van der Waals surface area contributed by atoms with Crippen LogP contribution in [0, 0.1) is 12.3 Å². The van der Waals surface area contributed by atoms with E-state index in [1.165, 1.54) is 23.2 Å². The number of β-amino-alcohol motifs (C(OH)–C–C–N with tert-alkyl or cyclic N) is 1. The Morgan fingerprint density at radius 1 is 1.19 bits per heavy atom. The monoisotopic (exact) mass is 618 g/mol. The number of aliphatic hydroxyl groups is 1. The van der Waals surface area contributed by atoms with Gasteiger partial charge in [-0.1, -0.05) is 32.9 Å². The topological polar surface area (TPSA) is 156 Å². The molecule has 3 unspecified atom stereocenters. The molecule has 1 fully saturated rings. The third kappa shape index (κ3) is 9.82. The normalized spacial score (nSPS) is 17.4. The Kier molecular flexibility index (Phi) is 12.6. The number of aliphatic hydroxyl groups excluding tert-OH is 1. The molecule has 1 aromatic carbocycles. The summed E-state index contributed by atoms with van der Waals surface area (Å²) in [6.45, 7) is 10.1. The second-order valence-corrected chi connectivity index (χ2v) is 12.3. The Morgan fingerprint density at radius 2 is 1.91 bits per heavy atom. The highest BCUT2D eigenvalue weighted by atomic mass is 32.1. The van der Waals surface area contributed by atoms with Crippen LogP contribution in [0.1, 0.15) is 45.4 Å². The molecule has 12 nitrogen and oxygen atoms in total. The van der Waals surface area contributed by atoms with Crippen molar-refractivity contribution < 1.29 is 38.5 Å². The first-order valence-corrected chi connectivity index (χ1v) is 15.1. The lowest BCUT2D eigenvalue weighted by atomic mass is 9.85. The smallest absolute Gasteiger partial charge is 0.246 e. The number of hydrogen-bond donors (Lipinski definition) is 3. The molecule has 1 aromatic heterocycles. The fraction of sp³-hybridized carbons (Fsp3) is 0.567. The Balaban J connectivity index is 1.71. The molecule has 0 bridgehead atoms. The van der Waals surface area contributed by atoms with E-state index < -0.39 is 35.4 Å². The summed E-state index contributed by atoms with van der Waals surface area (Å²) in [6, 6.07) is 3.96. The molecule has 0 radical (unpaired) electrons. The highest BCUT2D eigenvalue weighted by Crippen LogP contribution is 2.32. The van der Waals surface area contributed by atoms with E-state index in [1.807, 2.05) is 45.9 Å². The summed E-state index contributed by atoms with van der Waals surface area (Å²) < 4.78 is 16.6. The van der Waals surface area contributed by atoms with Gasteiger partial charge in [0.05, 0.1) is 42.0 Å². The van der Waals surface area contributed by atoms with Gasteiger partial charge in [-0.2, -0.15) is 0 Å². The molecular formula is C30H42N4O8S. The molecule has 2 heterocycles. The summed E-state index contributed by atoms with van der Waals surface area (Å²) in [5, 5.41) is 16.0. The van der Waals surface area contributed by atoms with Gasteiger partial charge in [-0.15, -0.1) is 11.3 Å². The van der Waals surface area contributed by atoms with Gasteiger partial charge in [0.1, 0.15) is 37.3 Å². The molecule has 3 atom stereocenters. The maximum absolute atomic E-state index is 13.5. The third-order valence-electron chi connectivity index (χ3n) is 6.90. The first-order chi connectivity index (χ1) is 20.4. The quantitative estimate of drug-likeness (QED) is 0.200. The van der Waals surface area contributed by atoms with E-state index in [1.54, 1.807) is 5.51 Å². The van der Waals surface area contributed by atoms with Crippen LogP contribution in [0.5, 0.6) is 5.75 Å². The number of aryl methyl sites for hydroxylation is 1. The number of nitrogens with zero attached hydrogens (tertiary/aromatic N) is 2. The van der Waals surface area contributed by atoms with Gasteiger partial charge in [-0.3, -0.25) is 14.4 Å². The second-order valence-electron chi connectivity index (χ2n) is 11.4. The van der Waals surface area contributed by atoms with Crippen LogP contribution in [0.15, 0.2) is 23.7 Å². The van der Waals surface area contributed by atoms with Crippen LogP contribution in [-0.4, -0.2) is 96.8 Å². The molecular weight excluding hydrogens is 576 g/mol. The summed E-state index contributed by atoms with van der Waals surface area (Å²) >= 11 is 1.52. The standard InChI is InChI=1S/C30H42N4O8S/c1-19-26(43-18-32-19)21-6-7-22(25(14-21)42-13-12-41-11-10-40-9-8-35)16-31-28(38)24-15-23(37)17-34(24)29(39)27(30(3,4)5)33-20(2)36/h6-8,14,18,23-24,27,37H,9-13,15-17H2,1-5H3,(H,31,38)(H,33,36). The number of thiazole rings is 1. The molecule has 3 rings (SSSR count). The maximum atomic E-state index is 13.5. The van der Waals surface area contributed by atoms with Crippen molar-refractivity contribution in [1.29, 1.82) is 0 Å². The zero-order valence-corrected chi connectivity index (χ0v) is 26.2. The SMILES string of the molecule is CC(=O)NC(C(=O)N1CC(O)CC1C(=O)NCc1ccc(-c2scnc2C)cc1OCCOCCOCC=O)C(C)(C)C. The molecule has 3 amide bonds. The molecule has 13 heteroatoms. The first-order valence-electron chi connectivity index (χ1n) is 14.2. The van der Waals surface area contributed by atoms with Gasteiger partial charge in [0, 0.05) is 32.0 Å². The van der Waals surface area contributed by atoms with Gasteiger partial charge in [0.2, 0.25) is 17.7 Å². The molecule has 1 saturated heterocycles. The van der Waals surface area contributed by atoms with E-state index in [9.17, 15) is 24.3 Å². The van der Waals surface area contributed by atoms with Crippen LogP contribution in [0.25, 0.3) is 10.4 Å². The Hall–Kier alpha value is -3.39. The van der Waals surface area contributed by atoms with E-state index in [-0.39, 0.29) is 38.6 Å². The summed E-state index contributed by atoms with van der Waals surface area (Å²) in [6.07, 6.45) is -0.0859. The van der Waals surface area contributed by atoms with Crippen LogP contribution < -0.4 is 15.4 Å². The number of rotatable bonds is 15. The average Bonchev–Trinajstić information content (AvgIpc) is 3.56. The van der Waals surface area contributed by atoms with Crippen LogP contribution in [-0.2, 0) is 35.2 Å². The fourth-order valence-electron chi connectivity index (χ4n) is 4.74. The number of ether oxygens (including phenoxy) is 3. The summed E-state index contributed by atoms with van der Waals surface area (Å²) in [4.78, 5) is 55.7. The number of likely N-dealkylation sites (tertiary alicyclic amines) is 1. The van der Waals surface area contributed by atoms with Gasteiger partial charge in [0.25, 0.3) is 0 Å². The summed E-state index contributed by atoms with van der Waals surface area (Å²) in [5.74, 6) is -0.615. The number of aldehydes is 1. The first kappa shape index (κ1) is 34.1. The summed E-state index contributed by atoms with van der Waals surface area (Å²) in [5.41, 5.74) is 3.71. The molecule has 236 valence electrons. The molecule has 1 aliphatic rings. The lowest BCUT2D eigenvalue weighted by Gasteiger charge is -2.35. The van der Waals surface area contributed by atoms with Crippen LogP contribution in [0.4, 0.5) is 0 Å². The van der Waals surface area contributed by atoms with E-state index >= 15 is 0 Å². The summed E-state index contributed by atoms with van der Waals surface area (Å²) in [7, 11) is 0. The minimum absolute atomic E-state index is 0.000524. The lowest BCUT2D eigenvalue weighted by Crippen LogP contribution is -2.57. The number of amides is 3. The van der Waals surface area contributed by atoms with E-state index in [2.05, 4.69) is 15.6 Å². The van der Waals surface area contributed by atoms with Gasteiger partial charge in [-0.25, -0.2) is 4.98 Å². The van der Waals surface area contributed by atoms with Gasteiger partial charge in [-0.05, 0) is 24.0 Å². The Bertz CT molecular complexity index is 1260. The Labute approximate surface area is 256 Å². The minimum Gasteiger partial charge on any atom is -0.491 e. The molecule has 1 aliphatic heterocycles. The molecule has 3 N–H and O–H groups in total. The highest BCUT2D eigenvalue weighted by Gasteiger charge is 2.44. The van der Waals surface area contributed by atoms with E-state index in [4.69, 9.17) is 14.2 Å². The molecule has 2 aromatic rings. The van der Waals surface area contributed by atoms with Gasteiger partial charge in [0.15, 0.2) is 0 Å². The van der Waals surface area contributed by atoms with Crippen molar-refractivity contribution in [2.75, 3.05) is 39.6 Å². The molecule has 0 spiro atoms. The van der Waals surface area contributed by atoms with Crippen LogP contribution in [0.3, 0.4) is 0 Å². The van der Waals surface area contributed by atoms with E-state index in [0.717, 1.165) is 21.7 Å². The number of nitrogens with one attached hydrogen (secondary N) is 2. The van der Waals surface area contributed by atoms with E-state index in [0.29, 0.717) is 31.9 Å². The number of aromatic nitrogens is 1. The lowest BCUT2D eigenvalue weighted by molar-refractivity contribution is -0.143. The predicted octanol–water partition coefficient (Wildman–Crippen LogP) is 1.86. The van der Waals surface area contributed by atoms with Crippen molar-refractivity contribution in [1.82, 2.24) is 20.5 Å². The zero-order chi connectivity index (χ0) is 31.6. The van der Waals surface area contributed by atoms with Crippen molar-refractivity contribution in [2.45, 2.75) is 65.8 Å². The van der Waals surface area contributed by atoms with Crippen molar-refractivity contribution >= 4 is 35.3 Å². The molecule has 0 saturated carbocycles. The largest absolute Gasteiger partial charge is 0.491 e. The van der Waals surface area contributed by atoms with Crippen molar-refractivity contribution in [2.24, 2.45) is 5.41 Å². The van der Waals surface area contributed by atoms with Crippen molar-refractivity contribution in [3.63, 3.8) is 0 Å². The second kappa shape index (κ2) is 15.9.